The molecule has 7 nitrogen and oxygen atoms in total. The zero-order valence-corrected chi connectivity index (χ0v) is 12.0. The molecule has 0 aromatic heterocycles. The largest absolute Gasteiger partial charge is 0.487 e. The third kappa shape index (κ3) is 3.92. The minimum Gasteiger partial charge on any atom is -0.487 e. The second kappa shape index (κ2) is 7.85. The van der Waals surface area contributed by atoms with Gasteiger partial charge in [0.2, 0.25) is 5.75 Å². The van der Waals surface area contributed by atoms with E-state index in [1.165, 1.54) is 23.1 Å². The number of carbonyl (C=O) groups excluding carboxylic acids is 1. The lowest BCUT2D eigenvalue weighted by molar-refractivity contribution is -0.385. The van der Waals surface area contributed by atoms with Crippen LogP contribution in [0.4, 0.5) is 5.69 Å². The van der Waals surface area contributed by atoms with Crippen molar-refractivity contribution >= 4 is 11.6 Å². The molecule has 7 heteroatoms. The quantitative estimate of drug-likeness (QED) is 0.567. The van der Waals surface area contributed by atoms with Crippen molar-refractivity contribution in [3.8, 4) is 11.8 Å². The maximum atomic E-state index is 12.5. The van der Waals surface area contributed by atoms with E-state index in [1.54, 1.807) is 13.8 Å². The fourth-order valence-corrected chi connectivity index (χ4v) is 1.89. The highest BCUT2D eigenvalue weighted by molar-refractivity contribution is 5.98. The number of nitro groups is 1. The van der Waals surface area contributed by atoms with Crippen LogP contribution in [0, 0.1) is 21.4 Å². The normalized spacial score (nSPS) is 9.76. The van der Waals surface area contributed by atoms with Crippen LogP contribution < -0.4 is 4.74 Å². The van der Waals surface area contributed by atoms with Crippen LogP contribution in [0.2, 0.25) is 0 Å². The fraction of sp³-hybridized carbons (Fsp3) is 0.429. The Labute approximate surface area is 122 Å². The van der Waals surface area contributed by atoms with Gasteiger partial charge in [-0.3, -0.25) is 14.9 Å². The number of benzene rings is 1. The van der Waals surface area contributed by atoms with Gasteiger partial charge in [0.1, 0.15) is 0 Å². The van der Waals surface area contributed by atoms with Gasteiger partial charge in [0.05, 0.1) is 29.6 Å². The van der Waals surface area contributed by atoms with Gasteiger partial charge < -0.3 is 9.64 Å². The van der Waals surface area contributed by atoms with Gasteiger partial charge in [0.15, 0.2) is 0 Å². The van der Waals surface area contributed by atoms with E-state index in [0.717, 1.165) is 0 Å². The summed E-state index contributed by atoms with van der Waals surface area (Å²) in [4.78, 5) is 24.4. The van der Waals surface area contributed by atoms with Crippen LogP contribution in [0.1, 0.15) is 30.6 Å². The molecule has 1 rings (SSSR count). The Balaban J connectivity index is 3.21. The Kier molecular flexibility index (Phi) is 6.14. The van der Waals surface area contributed by atoms with Gasteiger partial charge in [-0.05, 0) is 19.9 Å². The Morgan fingerprint density at radius 1 is 1.48 bits per heavy atom. The van der Waals surface area contributed by atoms with Crippen LogP contribution >= 0.6 is 0 Å². The number of nitriles is 1. The zero-order chi connectivity index (χ0) is 15.8. The van der Waals surface area contributed by atoms with Gasteiger partial charge in [-0.25, -0.2) is 0 Å². The lowest BCUT2D eigenvalue weighted by Gasteiger charge is -2.20. The van der Waals surface area contributed by atoms with Crippen LogP contribution in [0.5, 0.6) is 5.75 Å². The monoisotopic (exact) mass is 291 g/mol. The number of hydrogen-bond acceptors (Lipinski definition) is 5. The molecule has 0 bridgehead atoms. The number of amides is 1. The summed E-state index contributed by atoms with van der Waals surface area (Å²) in [6, 6.07) is 6.22. The van der Waals surface area contributed by atoms with E-state index in [4.69, 9.17) is 10.00 Å². The summed E-state index contributed by atoms with van der Waals surface area (Å²) in [5.41, 5.74) is -0.0927. The topological polar surface area (TPSA) is 96.5 Å². The standard InChI is InChI=1S/C14H17N3O4/c1-3-16(10-6-9-15)14(18)11-7-5-8-12(17(19)20)13(11)21-4-2/h5,7-8H,3-4,6,10H2,1-2H3. The molecule has 0 saturated heterocycles. The summed E-state index contributed by atoms with van der Waals surface area (Å²) in [7, 11) is 0. The fourth-order valence-electron chi connectivity index (χ4n) is 1.89. The number of para-hydroxylation sites is 1. The van der Waals surface area contributed by atoms with Gasteiger partial charge in [-0.2, -0.15) is 5.26 Å². The van der Waals surface area contributed by atoms with Crippen molar-refractivity contribution in [2.24, 2.45) is 0 Å². The number of carbonyl (C=O) groups is 1. The molecule has 0 spiro atoms. The molecule has 0 unspecified atom stereocenters. The third-order valence-corrected chi connectivity index (χ3v) is 2.87. The average molecular weight is 291 g/mol. The highest BCUT2D eigenvalue weighted by Crippen LogP contribution is 2.31. The minimum absolute atomic E-state index is 0.0228. The molecule has 0 heterocycles. The summed E-state index contributed by atoms with van der Waals surface area (Å²) in [5.74, 6) is -0.398. The summed E-state index contributed by atoms with van der Waals surface area (Å²) >= 11 is 0. The first-order valence-corrected chi connectivity index (χ1v) is 6.63. The number of rotatable bonds is 7. The molecule has 112 valence electrons. The first kappa shape index (κ1) is 16.4. The van der Waals surface area contributed by atoms with Crippen molar-refractivity contribution in [3.05, 3.63) is 33.9 Å². The van der Waals surface area contributed by atoms with Crippen molar-refractivity contribution in [3.63, 3.8) is 0 Å². The second-order valence-electron chi connectivity index (χ2n) is 4.14. The van der Waals surface area contributed by atoms with Crippen molar-refractivity contribution in [2.75, 3.05) is 19.7 Å². The van der Waals surface area contributed by atoms with E-state index in [-0.39, 0.29) is 42.5 Å². The van der Waals surface area contributed by atoms with E-state index in [1.807, 2.05) is 6.07 Å². The molecular weight excluding hydrogens is 274 g/mol. The van der Waals surface area contributed by atoms with E-state index < -0.39 is 4.92 Å². The lowest BCUT2D eigenvalue weighted by atomic mass is 10.1. The molecule has 0 N–H and O–H groups in total. The first-order chi connectivity index (χ1) is 10.1. The van der Waals surface area contributed by atoms with Crippen molar-refractivity contribution < 1.29 is 14.5 Å². The van der Waals surface area contributed by atoms with Gasteiger partial charge >= 0.3 is 5.69 Å². The molecular formula is C14H17N3O4. The Hall–Kier alpha value is -2.62. The molecule has 0 aliphatic carbocycles. The van der Waals surface area contributed by atoms with Crippen LogP contribution in [0.25, 0.3) is 0 Å². The maximum Gasteiger partial charge on any atom is 0.311 e. The second-order valence-corrected chi connectivity index (χ2v) is 4.14. The molecule has 0 fully saturated rings. The molecule has 0 saturated carbocycles. The van der Waals surface area contributed by atoms with Crippen LogP contribution in [0.3, 0.4) is 0 Å². The average Bonchev–Trinajstić information content (AvgIpc) is 2.48. The van der Waals surface area contributed by atoms with Crippen molar-refractivity contribution in [2.45, 2.75) is 20.3 Å². The van der Waals surface area contributed by atoms with E-state index >= 15 is 0 Å². The van der Waals surface area contributed by atoms with E-state index in [2.05, 4.69) is 0 Å². The molecule has 1 aromatic rings. The van der Waals surface area contributed by atoms with Crippen LogP contribution in [-0.4, -0.2) is 35.4 Å². The molecule has 21 heavy (non-hydrogen) atoms. The summed E-state index contributed by atoms with van der Waals surface area (Å²) in [6.45, 7) is 4.38. The lowest BCUT2D eigenvalue weighted by Crippen LogP contribution is -2.32. The Morgan fingerprint density at radius 2 is 2.19 bits per heavy atom. The zero-order valence-electron chi connectivity index (χ0n) is 12.0. The molecule has 0 atom stereocenters. The van der Waals surface area contributed by atoms with E-state index in [9.17, 15) is 14.9 Å². The molecule has 0 aliphatic rings. The molecule has 1 aromatic carbocycles. The summed E-state index contributed by atoms with van der Waals surface area (Å²) < 4.78 is 5.30. The highest BCUT2D eigenvalue weighted by atomic mass is 16.6. The molecule has 1 amide bonds. The van der Waals surface area contributed by atoms with Crippen molar-refractivity contribution in [1.82, 2.24) is 4.90 Å². The number of nitrogens with zero attached hydrogens (tertiary/aromatic N) is 3. The predicted molar refractivity (Wildman–Crippen MR) is 76.1 cm³/mol. The minimum atomic E-state index is -0.576. The van der Waals surface area contributed by atoms with Gasteiger partial charge in [-0.1, -0.05) is 6.07 Å². The molecule has 0 aliphatic heterocycles. The van der Waals surface area contributed by atoms with Crippen LogP contribution in [0.15, 0.2) is 18.2 Å². The smallest absolute Gasteiger partial charge is 0.311 e. The Morgan fingerprint density at radius 3 is 2.71 bits per heavy atom. The Bertz CT molecular complexity index is 566. The van der Waals surface area contributed by atoms with Gasteiger partial charge in [0, 0.05) is 19.2 Å². The number of nitro benzene ring substituents is 1. The molecule has 0 radical (unpaired) electrons. The van der Waals surface area contributed by atoms with E-state index in [0.29, 0.717) is 6.54 Å². The maximum absolute atomic E-state index is 12.5. The predicted octanol–water partition coefficient (Wildman–Crippen LogP) is 2.37. The van der Waals surface area contributed by atoms with Crippen molar-refractivity contribution in [1.29, 1.82) is 5.26 Å². The van der Waals surface area contributed by atoms with Crippen LogP contribution in [-0.2, 0) is 0 Å². The number of hydrogen-bond donors (Lipinski definition) is 0. The third-order valence-electron chi connectivity index (χ3n) is 2.87. The highest BCUT2D eigenvalue weighted by Gasteiger charge is 2.25. The number of ether oxygens (including phenoxy) is 1. The van der Waals surface area contributed by atoms with Gasteiger partial charge in [-0.15, -0.1) is 0 Å². The summed E-state index contributed by atoms with van der Waals surface area (Å²) in [5, 5.41) is 19.7. The summed E-state index contributed by atoms with van der Waals surface area (Å²) in [6.07, 6.45) is 0.207. The first-order valence-electron chi connectivity index (χ1n) is 6.63. The van der Waals surface area contributed by atoms with Gasteiger partial charge in [0.25, 0.3) is 5.91 Å². The SMILES string of the molecule is CCOc1c(C(=O)N(CC)CCC#N)cccc1[N+](=O)[O-].